The Morgan fingerprint density at radius 2 is 1.71 bits per heavy atom. The predicted octanol–water partition coefficient (Wildman–Crippen LogP) is 3.77. The molecular weight excluding hydrogens is 260 g/mol. The van der Waals surface area contributed by atoms with E-state index in [1.54, 1.807) is 12.1 Å². The third-order valence-electron chi connectivity index (χ3n) is 3.36. The topological polar surface area (TPSA) is 36.3 Å². The highest BCUT2D eigenvalue weighted by atomic mass is 16.5. The zero-order chi connectivity index (χ0) is 15.1. The van der Waals surface area contributed by atoms with E-state index in [2.05, 4.69) is 49.2 Å². The number of nitriles is 1. The minimum atomic E-state index is 0.654. The van der Waals surface area contributed by atoms with Crippen molar-refractivity contribution in [2.24, 2.45) is 0 Å². The highest BCUT2D eigenvalue weighted by Gasteiger charge is 2.01. The van der Waals surface area contributed by atoms with Crippen LogP contribution in [0.3, 0.4) is 0 Å². The molecule has 3 heteroatoms. The van der Waals surface area contributed by atoms with Crippen LogP contribution in [0.1, 0.15) is 17.5 Å². The molecule has 2 rings (SSSR count). The third kappa shape index (κ3) is 4.54. The average Bonchev–Trinajstić information content (AvgIpc) is 2.52. The summed E-state index contributed by atoms with van der Waals surface area (Å²) in [7, 11) is 2.09. The normalized spacial score (nSPS) is 9.95. The molecule has 3 nitrogen and oxygen atoms in total. The molecule has 0 aliphatic rings. The molecule has 2 aromatic carbocycles. The Balaban J connectivity index is 1.73. The van der Waals surface area contributed by atoms with Gasteiger partial charge >= 0.3 is 0 Å². The molecule has 0 unspecified atom stereocenters. The van der Waals surface area contributed by atoms with Crippen LogP contribution in [0.5, 0.6) is 5.75 Å². The van der Waals surface area contributed by atoms with Gasteiger partial charge in [0.25, 0.3) is 0 Å². The molecule has 0 atom stereocenters. The van der Waals surface area contributed by atoms with Gasteiger partial charge in [0.15, 0.2) is 0 Å². The second-order valence-electron chi connectivity index (χ2n) is 5.10. The molecular formula is C18H20N2O. The number of aryl methyl sites for hydroxylation is 1. The molecule has 0 fully saturated rings. The van der Waals surface area contributed by atoms with Crippen molar-refractivity contribution >= 4 is 5.69 Å². The van der Waals surface area contributed by atoms with E-state index < -0.39 is 0 Å². The molecule has 0 heterocycles. The van der Waals surface area contributed by atoms with Gasteiger partial charge in [-0.25, -0.2) is 0 Å². The average molecular weight is 280 g/mol. The first-order chi connectivity index (χ1) is 10.2. The molecule has 21 heavy (non-hydrogen) atoms. The minimum absolute atomic E-state index is 0.654. The van der Waals surface area contributed by atoms with Gasteiger partial charge in [0, 0.05) is 19.3 Å². The molecule has 108 valence electrons. The van der Waals surface area contributed by atoms with Gasteiger partial charge in [-0.15, -0.1) is 0 Å². The fourth-order valence-corrected chi connectivity index (χ4v) is 2.05. The van der Waals surface area contributed by atoms with Crippen LogP contribution in [0.4, 0.5) is 5.69 Å². The van der Waals surface area contributed by atoms with Gasteiger partial charge in [-0.1, -0.05) is 17.7 Å². The van der Waals surface area contributed by atoms with Crippen LogP contribution in [0.15, 0.2) is 48.5 Å². The van der Waals surface area contributed by atoms with E-state index in [1.165, 1.54) is 11.3 Å². The third-order valence-corrected chi connectivity index (χ3v) is 3.36. The fourth-order valence-electron chi connectivity index (χ4n) is 2.05. The summed E-state index contributed by atoms with van der Waals surface area (Å²) in [6.45, 7) is 3.71. The van der Waals surface area contributed by atoms with Gasteiger partial charge in [0.1, 0.15) is 5.75 Å². The van der Waals surface area contributed by atoms with E-state index in [-0.39, 0.29) is 0 Å². The fraction of sp³-hybridized carbons (Fsp3) is 0.278. The number of anilines is 1. The first-order valence-electron chi connectivity index (χ1n) is 7.10. The summed E-state index contributed by atoms with van der Waals surface area (Å²) < 4.78 is 5.67. The van der Waals surface area contributed by atoms with Crippen LogP contribution in [0, 0.1) is 18.3 Å². The van der Waals surface area contributed by atoms with E-state index in [0.29, 0.717) is 12.2 Å². The molecule has 0 bridgehead atoms. The van der Waals surface area contributed by atoms with Crippen LogP contribution < -0.4 is 9.64 Å². The smallest absolute Gasteiger partial charge is 0.119 e. The van der Waals surface area contributed by atoms with E-state index in [1.807, 2.05) is 12.1 Å². The summed E-state index contributed by atoms with van der Waals surface area (Å²) in [6, 6.07) is 17.8. The van der Waals surface area contributed by atoms with Gasteiger partial charge in [0.05, 0.1) is 18.2 Å². The van der Waals surface area contributed by atoms with Gasteiger partial charge in [-0.2, -0.15) is 5.26 Å². The summed E-state index contributed by atoms with van der Waals surface area (Å²) >= 11 is 0. The van der Waals surface area contributed by atoms with Crippen LogP contribution in [-0.2, 0) is 0 Å². The Morgan fingerprint density at radius 3 is 2.33 bits per heavy atom. The van der Waals surface area contributed by atoms with Crippen LogP contribution in [-0.4, -0.2) is 20.2 Å². The zero-order valence-electron chi connectivity index (χ0n) is 12.5. The van der Waals surface area contributed by atoms with Crippen molar-refractivity contribution in [2.75, 3.05) is 25.1 Å². The SMILES string of the molecule is Cc1ccc(N(C)CCCOc2ccc(C#N)cc2)cc1. The van der Waals surface area contributed by atoms with E-state index in [9.17, 15) is 0 Å². The maximum Gasteiger partial charge on any atom is 0.119 e. The molecule has 2 aromatic rings. The summed E-state index contributed by atoms with van der Waals surface area (Å²) in [5.41, 5.74) is 3.15. The Kier molecular flexibility index (Phi) is 5.22. The van der Waals surface area contributed by atoms with Gasteiger partial charge in [0.2, 0.25) is 0 Å². The number of rotatable bonds is 6. The number of ether oxygens (including phenoxy) is 1. The summed E-state index contributed by atoms with van der Waals surface area (Å²) in [6.07, 6.45) is 0.949. The van der Waals surface area contributed by atoms with Crippen molar-refractivity contribution in [3.63, 3.8) is 0 Å². The van der Waals surface area contributed by atoms with Crippen molar-refractivity contribution in [3.8, 4) is 11.8 Å². The first-order valence-corrected chi connectivity index (χ1v) is 7.10. The summed E-state index contributed by atoms with van der Waals surface area (Å²) in [5, 5.41) is 8.73. The maximum atomic E-state index is 8.73. The van der Waals surface area contributed by atoms with Gasteiger partial charge in [-0.3, -0.25) is 0 Å². The standard InChI is InChI=1S/C18H20N2O/c1-15-4-8-17(9-5-15)20(2)12-3-13-21-18-10-6-16(14-19)7-11-18/h4-11H,3,12-13H2,1-2H3. The highest BCUT2D eigenvalue weighted by molar-refractivity contribution is 5.46. The number of hydrogen-bond donors (Lipinski definition) is 0. The molecule has 0 saturated heterocycles. The molecule has 0 spiro atoms. The molecule has 0 N–H and O–H groups in total. The molecule has 0 aliphatic heterocycles. The van der Waals surface area contributed by atoms with Crippen molar-refractivity contribution < 1.29 is 4.74 Å². The maximum absolute atomic E-state index is 8.73. The second kappa shape index (κ2) is 7.35. The van der Waals surface area contributed by atoms with E-state index in [4.69, 9.17) is 10.00 Å². The Morgan fingerprint density at radius 1 is 1.05 bits per heavy atom. The number of hydrogen-bond acceptors (Lipinski definition) is 3. The molecule has 0 aromatic heterocycles. The van der Waals surface area contributed by atoms with Crippen LogP contribution in [0.2, 0.25) is 0 Å². The van der Waals surface area contributed by atoms with Gasteiger partial charge in [-0.05, 0) is 49.7 Å². The lowest BCUT2D eigenvalue weighted by atomic mass is 10.2. The van der Waals surface area contributed by atoms with Crippen molar-refractivity contribution in [3.05, 3.63) is 59.7 Å². The first kappa shape index (κ1) is 14.9. The summed E-state index contributed by atoms with van der Waals surface area (Å²) in [4.78, 5) is 2.22. The summed E-state index contributed by atoms with van der Waals surface area (Å²) in [5.74, 6) is 0.812. The lowest BCUT2D eigenvalue weighted by molar-refractivity contribution is 0.312. The van der Waals surface area contributed by atoms with E-state index >= 15 is 0 Å². The highest BCUT2D eigenvalue weighted by Crippen LogP contribution is 2.14. The van der Waals surface area contributed by atoms with E-state index in [0.717, 1.165) is 18.7 Å². The zero-order valence-corrected chi connectivity index (χ0v) is 12.5. The van der Waals surface area contributed by atoms with Gasteiger partial charge < -0.3 is 9.64 Å². The minimum Gasteiger partial charge on any atom is -0.494 e. The Bertz CT molecular complexity index is 597. The monoisotopic (exact) mass is 280 g/mol. The van der Waals surface area contributed by atoms with Crippen LogP contribution in [0.25, 0.3) is 0 Å². The molecule has 0 amide bonds. The second-order valence-corrected chi connectivity index (χ2v) is 5.10. The number of nitrogens with zero attached hydrogens (tertiary/aromatic N) is 2. The molecule has 0 saturated carbocycles. The van der Waals surface area contributed by atoms with Crippen molar-refractivity contribution in [2.45, 2.75) is 13.3 Å². The Hall–Kier alpha value is -2.47. The molecule has 0 aliphatic carbocycles. The Labute approximate surface area is 126 Å². The predicted molar refractivity (Wildman–Crippen MR) is 85.7 cm³/mol. The van der Waals surface area contributed by atoms with Crippen LogP contribution >= 0.6 is 0 Å². The molecule has 0 radical (unpaired) electrons. The lowest BCUT2D eigenvalue weighted by Gasteiger charge is -2.19. The van der Waals surface area contributed by atoms with Crippen molar-refractivity contribution in [1.82, 2.24) is 0 Å². The largest absolute Gasteiger partial charge is 0.494 e. The number of benzene rings is 2. The van der Waals surface area contributed by atoms with Crippen molar-refractivity contribution in [1.29, 1.82) is 5.26 Å². The quantitative estimate of drug-likeness (QED) is 0.756. The lowest BCUT2D eigenvalue weighted by Crippen LogP contribution is -2.20.